The maximum atomic E-state index is 12.7. The standard InChI is InChI=1S/C14H26N4O4S/c1-15-4-8-17(9-5-15)23(20,21)18-10-6-16(7-11-18)14(19)13-3-2-12-22-13/h13H,2-12H2,1H3. The molecule has 0 saturated carbocycles. The quantitative estimate of drug-likeness (QED) is 0.642. The van der Waals surface area contributed by atoms with E-state index in [0.29, 0.717) is 45.9 Å². The van der Waals surface area contributed by atoms with Gasteiger partial charge in [0.1, 0.15) is 6.10 Å². The first-order valence-corrected chi connectivity index (χ1v) is 9.72. The molecule has 0 bridgehead atoms. The molecule has 0 aromatic carbocycles. The minimum absolute atomic E-state index is 0.0131. The molecule has 8 nitrogen and oxygen atoms in total. The minimum atomic E-state index is -3.41. The predicted octanol–water partition coefficient (Wildman–Crippen LogP) is -1.20. The molecule has 23 heavy (non-hydrogen) atoms. The van der Waals surface area contributed by atoms with Crippen LogP contribution in [0.4, 0.5) is 0 Å². The van der Waals surface area contributed by atoms with Crippen molar-refractivity contribution in [1.82, 2.24) is 18.4 Å². The van der Waals surface area contributed by atoms with E-state index in [1.54, 1.807) is 9.21 Å². The van der Waals surface area contributed by atoms with Crippen LogP contribution < -0.4 is 0 Å². The second-order valence-corrected chi connectivity index (χ2v) is 8.36. The highest BCUT2D eigenvalue weighted by molar-refractivity contribution is 7.86. The summed E-state index contributed by atoms with van der Waals surface area (Å²) in [4.78, 5) is 16.2. The molecule has 0 aliphatic carbocycles. The SMILES string of the molecule is CN1CCN(S(=O)(=O)N2CCN(C(=O)C3CCCO3)CC2)CC1. The number of nitrogens with zero attached hydrogens (tertiary/aromatic N) is 4. The van der Waals surface area contributed by atoms with Crippen molar-refractivity contribution in [2.75, 3.05) is 66.0 Å². The van der Waals surface area contributed by atoms with Crippen LogP contribution >= 0.6 is 0 Å². The summed E-state index contributed by atoms with van der Waals surface area (Å²) in [5.41, 5.74) is 0. The first kappa shape index (κ1) is 17.1. The summed E-state index contributed by atoms with van der Waals surface area (Å²) in [6, 6.07) is 0. The molecule has 3 rings (SSSR count). The molecule has 3 fully saturated rings. The van der Waals surface area contributed by atoms with Crippen LogP contribution in [0.1, 0.15) is 12.8 Å². The lowest BCUT2D eigenvalue weighted by atomic mass is 10.2. The molecule has 1 amide bonds. The predicted molar refractivity (Wildman–Crippen MR) is 85.1 cm³/mol. The van der Waals surface area contributed by atoms with E-state index in [9.17, 15) is 13.2 Å². The molecule has 3 aliphatic rings. The highest BCUT2D eigenvalue weighted by atomic mass is 32.2. The Morgan fingerprint density at radius 2 is 1.52 bits per heavy atom. The maximum Gasteiger partial charge on any atom is 0.282 e. The first-order chi connectivity index (χ1) is 11.0. The number of carbonyl (C=O) groups excluding carboxylic acids is 1. The molecule has 9 heteroatoms. The van der Waals surface area contributed by atoms with Crippen LogP contribution in [-0.2, 0) is 19.7 Å². The van der Waals surface area contributed by atoms with Gasteiger partial charge >= 0.3 is 0 Å². The van der Waals surface area contributed by atoms with Crippen LogP contribution in [0.5, 0.6) is 0 Å². The van der Waals surface area contributed by atoms with Gasteiger partial charge in [-0.3, -0.25) is 4.79 Å². The maximum absolute atomic E-state index is 12.7. The van der Waals surface area contributed by atoms with Crippen LogP contribution in [0.15, 0.2) is 0 Å². The highest BCUT2D eigenvalue weighted by Gasteiger charge is 2.36. The van der Waals surface area contributed by atoms with Crippen molar-refractivity contribution in [3.8, 4) is 0 Å². The van der Waals surface area contributed by atoms with Crippen molar-refractivity contribution in [2.45, 2.75) is 18.9 Å². The Morgan fingerprint density at radius 3 is 2.04 bits per heavy atom. The fraction of sp³-hybridized carbons (Fsp3) is 0.929. The van der Waals surface area contributed by atoms with E-state index < -0.39 is 10.2 Å². The van der Waals surface area contributed by atoms with Gasteiger partial charge in [-0.15, -0.1) is 0 Å². The van der Waals surface area contributed by atoms with Gasteiger partial charge < -0.3 is 14.5 Å². The number of hydrogen-bond acceptors (Lipinski definition) is 5. The van der Waals surface area contributed by atoms with Gasteiger partial charge in [-0.2, -0.15) is 17.0 Å². The Kier molecular flexibility index (Phi) is 5.22. The van der Waals surface area contributed by atoms with Crippen molar-refractivity contribution in [3.63, 3.8) is 0 Å². The molecule has 132 valence electrons. The van der Waals surface area contributed by atoms with E-state index in [-0.39, 0.29) is 12.0 Å². The number of carbonyl (C=O) groups is 1. The Bertz CT molecular complexity index is 519. The van der Waals surface area contributed by atoms with Crippen LogP contribution in [0.2, 0.25) is 0 Å². The largest absolute Gasteiger partial charge is 0.368 e. The Hall–Kier alpha value is -0.740. The highest BCUT2D eigenvalue weighted by Crippen LogP contribution is 2.18. The topological polar surface area (TPSA) is 73.4 Å². The van der Waals surface area contributed by atoms with Gasteiger partial charge in [0, 0.05) is 59.0 Å². The molecule has 3 heterocycles. The zero-order valence-electron chi connectivity index (χ0n) is 13.7. The molecule has 1 atom stereocenters. The van der Waals surface area contributed by atoms with Crippen LogP contribution in [0.25, 0.3) is 0 Å². The lowest BCUT2D eigenvalue weighted by Crippen LogP contribution is -2.58. The summed E-state index contributed by atoms with van der Waals surface area (Å²) in [6.45, 7) is 4.88. The second-order valence-electron chi connectivity index (χ2n) is 6.44. The van der Waals surface area contributed by atoms with Crippen LogP contribution in [0, 0.1) is 0 Å². The lowest BCUT2D eigenvalue weighted by Gasteiger charge is -2.39. The smallest absolute Gasteiger partial charge is 0.282 e. The van der Waals surface area contributed by atoms with Gasteiger partial charge in [0.25, 0.3) is 16.1 Å². The zero-order chi connectivity index (χ0) is 16.4. The number of piperazine rings is 2. The average Bonchev–Trinajstić information content (AvgIpc) is 3.09. The van der Waals surface area contributed by atoms with Gasteiger partial charge in [0.2, 0.25) is 0 Å². The van der Waals surface area contributed by atoms with Crippen molar-refractivity contribution in [3.05, 3.63) is 0 Å². The number of likely N-dealkylation sites (N-methyl/N-ethyl adjacent to an activating group) is 1. The summed E-state index contributed by atoms with van der Waals surface area (Å²) in [7, 11) is -1.41. The summed E-state index contributed by atoms with van der Waals surface area (Å²) >= 11 is 0. The number of rotatable bonds is 3. The van der Waals surface area contributed by atoms with Crippen molar-refractivity contribution in [1.29, 1.82) is 0 Å². The van der Waals surface area contributed by atoms with Gasteiger partial charge in [-0.05, 0) is 19.9 Å². The molecule has 0 spiro atoms. The van der Waals surface area contributed by atoms with Crippen molar-refractivity contribution in [2.24, 2.45) is 0 Å². The molecule has 0 radical (unpaired) electrons. The normalized spacial score (nSPS) is 29.1. The van der Waals surface area contributed by atoms with E-state index in [1.165, 1.54) is 4.31 Å². The van der Waals surface area contributed by atoms with Crippen LogP contribution in [-0.4, -0.2) is 105 Å². The van der Waals surface area contributed by atoms with E-state index >= 15 is 0 Å². The molecular formula is C14H26N4O4S. The van der Waals surface area contributed by atoms with Crippen LogP contribution in [0.3, 0.4) is 0 Å². The summed E-state index contributed by atoms with van der Waals surface area (Å²) < 4.78 is 33.9. The van der Waals surface area contributed by atoms with E-state index in [0.717, 1.165) is 25.9 Å². The first-order valence-electron chi connectivity index (χ1n) is 8.32. The number of hydrogen-bond donors (Lipinski definition) is 0. The fourth-order valence-electron chi connectivity index (χ4n) is 3.30. The molecule has 1 unspecified atom stereocenters. The molecule has 3 aliphatic heterocycles. The average molecular weight is 346 g/mol. The molecule has 0 aromatic heterocycles. The minimum Gasteiger partial charge on any atom is -0.368 e. The van der Waals surface area contributed by atoms with Gasteiger partial charge in [-0.1, -0.05) is 0 Å². The lowest BCUT2D eigenvalue weighted by molar-refractivity contribution is -0.142. The summed E-state index contributed by atoms with van der Waals surface area (Å²) in [5, 5.41) is 0. The Balaban J connectivity index is 1.54. The van der Waals surface area contributed by atoms with Gasteiger partial charge in [0.05, 0.1) is 0 Å². The summed E-state index contributed by atoms with van der Waals surface area (Å²) in [5.74, 6) is 0.0131. The summed E-state index contributed by atoms with van der Waals surface area (Å²) in [6.07, 6.45) is 1.38. The third kappa shape index (κ3) is 3.69. The monoisotopic (exact) mass is 346 g/mol. The Labute approximate surface area is 138 Å². The third-order valence-electron chi connectivity index (χ3n) is 4.87. The van der Waals surface area contributed by atoms with Crippen molar-refractivity contribution >= 4 is 16.1 Å². The van der Waals surface area contributed by atoms with Gasteiger partial charge in [-0.25, -0.2) is 0 Å². The molecular weight excluding hydrogens is 320 g/mol. The number of ether oxygens (including phenoxy) is 1. The molecule has 0 N–H and O–H groups in total. The molecule has 3 saturated heterocycles. The molecule has 0 aromatic rings. The fourth-order valence-corrected chi connectivity index (χ4v) is 4.87. The van der Waals surface area contributed by atoms with E-state index in [2.05, 4.69) is 4.90 Å². The zero-order valence-corrected chi connectivity index (χ0v) is 14.5. The van der Waals surface area contributed by atoms with E-state index in [4.69, 9.17) is 4.74 Å². The third-order valence-corrected chi connectivity index (χ3v) is 6.91. The Morgan fingerprint density at radius 1 is 0.957 bits per heavy atom. The van der Waals surface area contributed by atoms with Gasteiger partial charge in [0.15, 0.2) is 0 Å². The number of amides is 1. The second kappa shape index (κ2) is 7.02. The van der Waals surface area contributed by atoms with Crippen molar-refractivity contribution < 1.29 is 17.9 Å². The van der Waals surface area contributed by atoms with E-state index in [1.807, 2.05) is 7.05 Å².